The topological polar surface area (TPSA) is 138 Å². The molecule has 30 rings (SSSR count). The van der Waals surface area contributed by atoms with Crippen LogP contribution in [-0.4, -0.2) is 35.8 Å². The van der Waals surface area contributed by atoms with Crippen LogP contribution in [0.2, 0.25) is 0 Å². The molecule has 0 bridgehead atoms. The lowest BCUT2D eigenvalue weighted by Gasteiger charge is -2.25. The molecule has 1 unspecified atom stereocenters. The predicted molar refractivity (Wildman–Crippen MR) is 551 cm³/mol. The number of rotatable bonds is 9. The molecule has 1 aliphatic heterocycles. The molecular weight excluding hydrogens is 1640 g/mol. The average Bonchev–Trinajstić information content (AvgIpc) is 1.57. The van der Waals surface area contributed by atoms with Crippen molar-refractivity contribution in [1.82, 2.24) is 29.4 Å². The molecule has 1 aliphatic rings. The SMILES string of the molecule is c1ccc2cc(-c3ccc4ccc5c(c4c3)c3cc4ccccc4cc3n5-c3ccc4cc(-c5nc(-c6ccc7c(c6)oc6ccccc67)nc(-c6cccc7ccccc67)n5)c5oc6ccccc6c5c4c3)c(C3=NC(c4cc5ccc(-n6c7cc8ccccc8cc7c7c8ccccc8ccc76)cc5c5c4oc4ccccc45)NC(c4cccc5c4oc4ccccc45)=N3)cc2c1. The summed E-state index contributed by atoms with van der Waals surface area (Å²) >= 11 is 0. The van der Waals surface area contributed by atoms with Gasteiger partial charge in [0.1, 0.15) is 50.5 Å². The third-order valence-electron chi connectivity index (χ3n) is 28.3. The minimum atomic E-state index is -0.741. The fourth-order valence-electron chi connectivity index (χ4n) is 22.1. The molecule has 1 N–H and O–H groups in total. The van der Waals surface area contributed by atoms with Gasteiger partial charge in [-0.05, 0) is 231 Å². The van der Waals surface area contributed by atoms with Gasteiger partial charge in [0, 0.05) is 98.3 Å². The number of furan rings is 4. The summed E-state index contributed by atoms with van der Waals surface area (Å²) in [5, 5.41) is 34.4. The van der Waals surface area contributed by atoms with Crippen LogP contribution in [0, 0.1) is 0 Å². The molecule has 0 radical (unpaired) electrons. The highest BCUT2D eigenvalue weighted by Gasteiger charge is 2.32. The van der Waals surface area contributed by atoms with Crippen LogP contribution >= 0.6 is 0 Å². The van der Waals surface area contributed by atoms with Gasteiger partial charge in [0.25, 0.3) is 0 Å². The van der Waals surface area contributed by atoms with Crippen LogP contribution in [0.25, 0.3) is 274 Å². The van der Waals surface area contributed by atoms with Gasteiger partial charge in [-0.15, -0.1) is 0 Å². The molecule has 12 heteroatoms. The largest absolute Gasteiger partial charge is 0.456 e. The number of amidine groups is 2. The predicted octanol–water partition coefficient (Wildman–Crippen LogP) is 32.1. The number of nitrogens with zero attached hydrogens (tertiary/aromatic N) is 7. The molecule has 29 aromatic rings. The lowest BCUT2D eigenvalue weighted by Crippen LogP contribution is -2.34. The minimum Gasteiger partial charge on any atom is -0.456 e. The molecule has 0 saturated heterocycles. The number of hydrogen-bond acceptors (Lipinski definition) is 10. The van der Waals surface area contributed by atoms with E-state index in [1.165, 1.54) is 32.3 Å². The summed E-state index contributed by atoms with van der Waals surface area (Å²) in [6.07, 6.45) is -0.741. The summed E-state index contributed by atoms with van der Waals surface area (Å²) in [7, 11) is 0. The normalized spacial score (nSPS) is 13.4. The first-order valence-electron chi connectivity index (χ1n) is 45.4. The zero-order valence-electron chi connectivity index (χ0n) is 71.4. The molecule has 0 saturated carbocycles. The van der Waals surface area contributed by atoms with Crippen LogP contribution in [0.4, 0.5) is 0 Å². The Labute approximate surface area is 761 Å². The van der Waals surface area contributed by atoms with E-state index in [0.29, 0.717) is 34.7 Å². The van der Waals surface area contributed by atoms with E-state index in [1.54, 1.807) is 0 Å². The zero-order valence-corrected chi connectivity index (χ0v) is 71.4. The second-order valence-electron chi connectivity index (χ2n) is 35.6. The molecule has 620 valence electrons. The maximum absolute atomic E-state index is 7.35. The summed E-state index contributed by atoms with van der Waals surface area (Å²) in [4.78, 5) is 28.1. The summed E-state index contributed by atoms with van der Waals surface area (Å²) in [6.45, 7) is 0. The van der Waals surface area contributed by atoms with Gasteiger partial charge in [-0.2, -0.15) is 0 Å². The number of aromatic nitrogens is 5. The van der Waals surface area contributed by atoms with Crippen molar-refractivity contribution < 1.29 is 17.7 Å². The van der Waals surface area contributed by atoms with Crippen molar-refractivity contribution in [3.8, 4) is 56.7 Å². The molecule has 12 nitrogen and oxygen atoms in total. The molecule has 0 spiro atoms. The molecule has 7 aromatic heterocycles. The minimum absolute atomic E-state index is 0.483. The Hall–Kier alpha value is -18.1. The van der Waals surface area contributed by atoms with Crippen molar-refractivity contribution in [2.45, 2.75) is 6.17 Å². The van der Waals surface area contributed by atoms with Gasteiger partial charge >= 0.3 is 0 Å². The number of nitrogens with one attached hydrogen (secondary N) is 1. The smallest absolute Gasteiger partial charge is 0.167 e. The third-order valence-corrected chi connectivity index (χ3v) is 28.3. The summed E-state index contributed by atoms with van der Waals surface area (Å²) in [6, 6.07) is 144. The summed E-state index contributed by atoms with van der Waals surface area (Å²) < 4.78 is 32.9. The average molecular weight is 1710 g/mol. The summed E-state index contributed by atoms with van der Waals surface area (Å²) in [5.74, 6) is 2.70. The van der Waals surface area contributed by atoms with Crippen LogP contribution in [0.15, 0.2) is 428 Å². The van der Waals surface area contributed by atoms with Crippen molar-refractivity contribution in [1.29, 1.82) is 0 Å². The van der Waals surface area contributed by atoms with Gasteiger partial charge in [0.05, 0.1) is 33.2 Å². The number of fused-ring (bicyclic) bond motifs is 30. The number of para-hydroxylation sites is 5. The van der Waals surface area contributed by atoms with E-state index in [1.807, 2.05) is 42.5 Å². The maximum Gasteiger partial charge on any atom is 0.167 e. The van der Waals surface area contributed by atoms with Gasteiger partial charge in [-0.25, -0.2) is 24.9 Å². The molecule has 0 amide bonds. The fraction of sp³-hybridized carbons (Fsp3) is 0.00820. The maximum atomic E-state index is 7.35. The molecule has 1 atom stereocenters. The van der Waals surface area contributed by atoms with E-state index in [2.05, 4.69) is 372 Å². The number of benzene rings is 22. The van der Waals surface area contributed by atoms with Gasteiger partial charge in [0.15, 0.2) is 29.5 Å². The van der Waals surface area contributed by atoms with E-state index in [-0.39, 0.29) is 0 Å². The van der Waals surface area contributed by atoms with Gasteiger partial charge in [-0.1, -0.05) is 267 Å². The van der Waals surface area contributed by atoms with E-state index >= 15 is 0 Å². The second kappa shape index (κ2) is 27.7. The van der Waals surface area contributed by atoms with Crippen molar-refractivity contribution >= 4 is 229 Å². The van der Waals surface area contributed by atoms with Gasteiger partial charge in [-0.3, -0.25) is 0 Å². The van der Waals surface area contributed by atoms with Crippen LogP contribution in [0.5, 0.6) is 0 Å². The second-order valence-corrected chi connectivity index (χ2v) is 35.6. The lowest BCUT2D eigenvalue weighted by molar-refractivity contribution is 0.628. The van der Waals surface area contributed by atoms with E-state index in [0.717, 1.165) is 236 Å². The Morgan fingerprint density at radius 1 is 0.224 bits per heavy atom. The highest BCUT2D eigenvalue weighted by atomic mass is 16.3. The highest BCUT2D eigenvalue weighted by molar-refractivity contribution is 6.29. The molecule has 8 heterocycles. The number of aliphatic imine (C=N–C) groups is 2. The Morgan fingerprint density at radius 3 is 1.32 bits per heavy atom. The van der Waals surface area contributed by atoms with Crippen molar-refractivity contribution in [2.24, 2.45) is 9.98 Å². The lowest BCUT2D eigenvalue weighted by atomic mass is 9.92. The van der Waals surface area contributed by atoms with E-state index in [9.17, 15) is 0 Å². The Kier molecular flexibility index (Phi) is 15.1. The monoisotopic (exact) mass is 1710 g/mol. The summed E-state index contributed by atoms with van der Waals surface area (Å²) in [5.41, 5.74) is 19.4. The molecule has 0 fully saturated rings. The van der Waals surface area contributed by atoms with Crippen LogP contribution < -0.4 is 5.32 Å². The third kappa shape index (κ3) is 10.8. The van der Waals surface area contributed by atoms with Crippen LogP contribution in [-0.2, 0) is 0 Å². The van der Waals surface area contributed by atoms with Crippen LogP contribution in [0.1, 0.15) is 22.9 Å². The van der Waals surface area contributed by atoms with Gasteiger partial charge in [0.2, 0.25) is 0 Å². The van der Waals surface area contributed by atoms with E-state index < -0.39 is 6.17 Å². The zero-order chi connectivity index (χ0) is 87.2. The highest BCUT2D eigenvalue weighted by Crippen LogP contribution is 2.50. The van der Waals surface area contributed by atoms with Crippen LogP contribution in [0.3, 0.4) is 0 Å². The standard InChI is InChI=1S/C122H68N8O4/c1-2-24-71-56-96(120-126-119(91-38-20-36-87-85-33-12-16-40-106(85)132-114(87)91)127-122(128-120)100-61-78-45-50-80(65-94(78)113-90-35-14-18-42-108(90)134-116(100)113)129-101-53-48-68-22-8-10-31-83(68)110(101)97-57-72-25-3-5-27-74(72)62-103(97)129)92(55-70(71)23-1)76-44-43-69-49-54-102-111(93(69)59-76)98-58-73-26-4-6-28-75(73)63-104(98)130(102)81-51-46-77-60-99(115-112(95(77)66-81)89-34-13-17-41-107(89)133-115)121-124-117(79-47-52-86-84-32-11-15-39-105(84)131-109(86)64-79)123-118(125-121)88-37-19-29-67-21-7-9-30-82(67)88/h1-66,122H,(H,126,127,128). The Bertz CT molecular complexity index is 10400. The van der Waals surface area contributed by atoms with Crippen molar-refractivity contribution in [3.05, 3.63) is 417 Å². The molecule has 22 aromatic carbocycles. The fourth-order valence-corrected chi connectivity index (χ4v) is 22.1. The van der Waals surface area contributed by atoms with Crippen molar-refractivity contribution in [2.75, 3.05) is 0 Å². The van der Waals surface area contributed by atoms with Gasteiger partial charge < -0.3 is 32.1 Å². The van der Waals surface area contributed by atoms with E-state index in [4.69, 9.17) is 42.6 Å². The quantitative estimate of drug-likeness (QED) is 0.151. The first-order valence-corrected chi connectivity index (χ1v) is 45.4. The molecule has 0 aliphatic carbocycles. The Morgan fingerprint density at radius 2 is 0.657 bits per heavy atom. The first kappa shape index (κ1) is 72.8. The molecular formula is C122H68N8O4. The molecule has 134 heavy (non-hydrogen) atoms. The first-order chi connectivity index (χ1) is 66.3. The number of hydrogen-bond donors (Lipinski definition) is 1. The Balaban J connectivity index is 0.608. The van der Waals surface area contributed by atoms with Crippen molar-refractivity contribution in [3.63, 3.8) is 0 Å².